The van der Waals surface area contributed by atoms with Gasteiger partial charge in [-0.1, -0.05) is 0 Å². The van der Waals surface area contributed by atoms with E-state index in [0.717, 1.165) is 30.4 Å². The Morgan fingerprint density at radius 3 is 2.56 bits per heavy atom. The maximum Gasteiger partial charge on any atom is 0.225 e. The second-order valence-electron chi connectivity index (χ2n) is 5.49. The number of rotatable bonds is 2. The number of halogens is 1. The molecular formula is C13H20ClN3O. The number of hydrogen-bond acceptors (Lipinski definition) is 4. The van der Waals surface area contributed by atoms with Gasteiger partial charge in [-0.3, -0.25) is 0 Å². The van der Waals surface area contributed by atoms with E-state index in [1.807, 2.05) is 19.9 Å². The third-order valence-corrected chi connectivity index (χ3v) is 3.25. The molecule has 1 aromatic heterocycles. The predicted molar refractivity (Wildman–Crippen MR) is 73.4 cm³/mol. The van der Waals surface area contributed by atoms with E-state index in [9.17, 15) is 0 Å². The summed E-state index contributed by atoms with van der Waals surface area (Å²) in [6.07, 6.45) is 0.0276. The number of aromatic nitrogens is 2. The Labute approximate surface area is 113 Å². The number of nitrogens with zero attached hydrogens (tertiary/aromatic N) is 3. The second-order valence-corrected chi connectivity index (χ2v) is 5.79. The fraction of sp³-hybridized carbons (Fsp3) is 0.692. The normalized spacial score (nSPS) is 23.2. The number of ether oxygens (including phenoxy) is 1. The van der Waals surface area contributed by atoms with E-state index in [2.05, 4.69) is 28.7 Å². The van der Waals surface area contributed by atoms with E-state index in [-0.39, 0.29) is 11.7 Å². The van der Waals surface area contributed by atoms with Crippen LogP contribution in [0.1, 0.15) is 25.2 Å². The van der Waals surface area contributed by atoms with Crippen molar-refractivity contribution in [2.24, 2.45) is 0 Å². The van der Waals surface area contributed by atoms with Crippen LogP contribution in [0.15, 0.2) is 6.07 Å². The highest BCUT2D eigenvalue weighted by Gasteiger charge is 2.34. The molecule has 2 heterocycles. The fourth-order valence-electron chi connectivity index (χ4n) is 2.38. The first kappa shape index (κ1) is 13.6. The Hall–Kier alpha value is -0.870. The van der Waals surface area contributed by atoms with Crippen molar-refractivity contribution in [1.29, 1.82) is 0 Å². The summed E-state index contributed by atoms with van der Waals surface area (Å²) in [6.45, 7) is 9.65. The molecule has 5 heteroatoms. The molecule has 4 nitrogen and oxygen atoms in total. The summed E-state index contributed by atoms with van der Waals surface area (Å²) in [4.78, 5) is 11.2. The van der Waals surface area contributed by atoms with E-state index in [0.29, 0.717) is 5.88 Å². The van der Waals surface area contributed by atoms with Gasteiger partial charge in [0.05, 0.1) is 17.6 Å². The summed E-state index contributed by atoms with van der Waals surface area (Å²) < 4.78 is 5.91. The molecule has 1 unspecified atom stereocenters. The minimum atomic E-state index is -0.223. The molecule has 1 aliphatic heterocycles. The van der Waals surface area contributed by atoms with E-state index in [1.54, 1.807) is 0 Å². The summed E-state index contributed by atoms with van der Waals surface area (Å²) >= 11 is 5.93. The molecule has 0 bridgehead atoms. The van der Waals surface area contributed by atoms with Crippen LogP contribution < -0.4 is 4.90 Å². The fourth-order valence-corrected chi connectivity index (χ4v) is 2.54. The summed E-state index contributed by atoms with van der Waals surface area (Å²) in [6, 6.07) is 1.98. The van der Waals surface area contributed by atoms with E-state index in [4.69, 9.17) is 16.3 Å². The Bertz CT molecular complexity index is 416. The lowest BCUT2D eigenvalue weighted by molar-refractivity contribution is -0.0738. The standard InChI is InChI=1S/C13H20ClN3O/c1-9-5-10(2)16-12(15-9)17-7-11(6-14)18-13(3,4)8-17/h5,11H,6-8H2,1-4H3. The lowest BCUT2D eigenvalue weighted by Crippen LogP contribution is -2.54. The maximum absolute atomic E-state index is 5.93. The topological polar surface area (TPSA) is 38.2 Å². The van der Waals surface area contributed by atoms with Gasteiger partial charge in [0.15, 0.2) is 0 Å². The van der Waals surface area contributed by atoms with E-state index < -0.39 is 0 Å². The molecule has 0 aliphatic carbocycles. The van der Waals surface area contributed by atoms with Gasteiger partial charge in [0.25, 0.3) is 0 Å². The van der Waals surface area contributed by atoms with E-state index >= 15 is 0 Å². The van der Waals surface area contributed by atoms with Crippen molar-refractivity contribution in [2.45, 2.75) is 39.4 Å². The molecular weight excluding hydrogens is 250 g/mol. The van der Waals surface area contributed by atoms with Crippen molar-refractivity contribution in [1.82, 2.24) is 9.97 Å². The summed E-state index contributed by atoms with van der Waals surface area (Å²) in [5.74, 6) is 1.27. The highest BCUT2D eigenvalue weighted by Crippen LogP contribution is 2.24. The molecule has 2 rings (SSSR count). The first-order valence-corrected chi connectivity index (χ1v) is 6.74. The van der Waals surface area contributed by atoms with Crippen LogP contribution in [0.2, 0.25) is 0 Å². The molecule has 0 aromatic carbocycles. The highest BCUT2D eigenvalue weighted by atomic mass is 35.5. The van der Waals surface area contributed by atoms with Crippen molar-refractivity contribution in [3.05, 3.63) is 17.5 Å². The van der Waals surface area contributed by atoms with Crippen LogP contribution >= 0.6 is 11.6 Å². The molecule has 100 valence electrons. The molecule has 0 N–H and O–H groups in total. The Kier molecular flexibility index (Phi) is 3.78. The monoisotopic (exact) mass is 269 g/mol. The van der Waals surface area contributed by atoms with Crippen LogP contribution in [0, 0.1) is 13.8 Å². The van der Waals surface area contributed by atoms with Crippen molar-refractivity contribution in [3.8, 4) is 0 Å². The molecule has 1 atom stereocenters. The number of aryl methyl sites for hydroxylation is 2. The maximum atomic E-state index is 5.93. The van der Waals surface area contributed by atoms with Crippen molar-refractivity contribution < 1.29 is 4.74 Å². The van der Waals surface area contributed by atoms with Crippen LogP contribution in [0.4, 0.5) is 5.95 Å². The smallest absolute Gasteiger partial charge is 0.225 e. The molecule has 1 aliphatic rings. The number of anilines is 1. The molecule has 1 fully saturated rings. The number of morpholine rings is 1. The first-order chi connectivity index (χ1) is 8.39. The first-order valence-electron chi connectivity index (χ1n) is 6.20. The van der Waals surface area contributed by atoms with Gasteiger partial charge in [-0.2, -0.15) is 0 Å². The van der Waals surface area contributed by atoms with Crippen LogP contribution in [0.3, 0.4) is 0 Å². The SMILES string of the molecule is Cc1cc(C)nc(N2CC(CCl)OC(C)(C)C2)n1. The van der Waals surface area contributed by atoms with Gasteiger partial charge in [-0.15, -0.1) is 11.6 Å². The average molecular weight is 270 g/mol. The minimum absolute atomic E-state index is 0.0276. The Morgan fingerprint density at radius 1 is 1.39 bits per heavy atom. The molecule has 18 heavy (non-hydrogen) atoms. The zero-order valence-electron chi connectivity index (χ0n) is 11.4. The minimum Gasteiger partial charge on any atom is -0.367 e. The predicted octanol–water partition coefficient (Wildman–Crippen LogP) is 2.32. The van der Waals surface area contributed by atoms with Crippen molar-refractivity contribution >= 4 is 17.5 Å². The van der Waals surface area contributed by atoms with Gasteiger partial charge in [0, 0.05) is 24.5 Å². The summed E-state index contributed by atoms with van der Waals surface area (Å²) in [7, 11) is 0. The molecule has 0 amide bonds. The lowest BCUT2D eigenvalue weighted by atomic mass is 10.1. The third-order valence-electron chi connectivity index (χ3n) is 2.91. The van der Waals surface area contributed by atoms with Gasteiger partial charge < -0.3 is 9.64 Å². The number of hydrogen-bond donors (Lipinski definition) is 0. The summed E-state index contributed by atoms with van der Waals surface area (Å²) in [5, 5.41) is 0. The number of alkyl halides is 1. The average Bonchev–Trinajstić information content (AvgIpc) is 2.25. The van der Waals surface area contributed by atoms with Crippen LogP contribution in [0.25, 0.3) is 0 Å². The van der Waals surface area contributed by atoms with Crippen LogP contribution in [0.5, 0.6) is 0 Å². The molecule has 1 aromatic rings. The van der Waals surface area contributed by atoms with Crippen molar-refractivity contribution in [3.63, 3.8) is 0 Å². The van der Waals surface area contributed by atoms with Crippen LogP contribution in [-0.4, -0.2) is 40.6 Å². The molecule has 1 saturated heterocycles. The zero-order valence-corrected chi connectivity index (χ0v) is 12.2. The van der Waals surface area contributed by atoms with Gasteiger partial charge in [-0.25, -0.2) is 9.97 Å². The van der Waals surface area contributed by atoms with Crippen molar-refractivity contribution in [2.75, 3.05) is 23.9 Å². The summed E-state index contributed by atoms with van der Waals surface area (Å²) in [5.41, 5.74) is 1.76. The second kappa shape index (κ2) is 5.02. The Balaban J connectivity index is 2.26. The third kappa shape index (κ3) is 3.12. The molecule has 0 radical (unpaired) electrons. The largest absolute Gasteiger partial charge is 0.367 e. The Morgan fingerprint density at radius 2 is 2.00 bits per heavy atom. The van der Waals surface area contributed by atoms with Gasteiger partial charge >= 0.3 is 0 Å². The molecule has 0 spiro atoms. The van der Waals surface area contributed by atoms with Crippen LogP contribution in [-0.2, 0) is 4.74 Å². The van der Waals surface area contributed by atoms with E-state index in [1.165, 1.54) is 0 Å². The zero-order chi connectivity index (χ0) is 13.3. The quantitative estimate of drug-likeness (QED) is 0.773. The molecule has 0 saturated carbocycles. The lowest BCUT2D eigenvalue weighted by Gasteiger charge is -2.42. The van der Waals surface area contributed by atoms with Gasteiger partial charge in [0.1, 0.15) is 0 Å². The van der Waals surface area contributed by atoms with Gasteiger partial charge in [-0.05, 0) is 33.8 Å². The van der Waals surface area contributed by atoms with Gasteiger partial charge in [0.2, 0.25) is 5.95 Å². The highest BCUT2D eigenvalue weighted by molar-refractivity contribution is 6.18.